The number of thiophene rings is 1. The number of amides is 3. The SMILES string of the molecule is CCOC(=O)N1CCc2c(sc(NC(=O)CSc3ccc(C)cc3)c2C(N)=O)C1. The van der Waals surface area contributed by atoms with Crippen LogP contribution in [0.4, 0.5) is 9.80 Å². The van der Waals surface area contributed by atoms with Gasteiger partial charge in [0.05, 0.1) is 24.5 Å². The molecule has 0 fully saturated rings. The van der Waals surface area contributed by atoms with Gasteiger partial charge in [0.1, 0.15) is 5.00 Å². The third-order valence-corrected chi connectivity index (χ3v) is 6.62. The molecule has 1 aromatic heterocycles. The third kappa shape index (κ3) is 5.10. The van der Waals surface area contributed by atoms with Crippen molar-refractivity contribution in [3.05, 3.63) is 45.8 Å². The zero-order chi connectivity index (χ0) is 21.0. The van der Waals surface area contributed by atoms with Crippen LogP contribution in [0.3, 0.4) is 0 Å². The van der Waals surface area contributed by atoms with Gasteiger partial charge in [0.2, 0.25) is 5.91 Å². The summed E-state index contributed by atoms with van der Waals surface area (Å²) in [6.45, 7) is 4.85. The minimum Gasteiger partial charge on any atom is -0.450 e. The number of fused-ring (bicyclic) bond motifs is 1. The summed E-state index contributed by atoms with van der Waals surface area (Å²) < 4.78 is 5.05. The van der Waals surface area contributed by atoms with Crippen molar-refractivity contribution in [3.63, 3.8) is 0 Å². The second-order valence-electron chi connectivity index (χ2n) is 6.59. The fourth-order valence-electron chi connectivity index (χ4n) is 3.07. The molecular weight excluding hydrogens is 410 g/mol. The van der Waals surface area contributed by atoms with Gasteiger partial charge < -0.3 is 20.7 Å². The summed E-state index contributed by atoms with van der Waals surface area (Å²) >= 11 is 2.71. The molecule has 3 rings (SSSR count). The molecule has 2 heterocycles. The number of hydrogen-bond acceptors (Lipinski definition) is 6. The van der Waals surface area contributed by atoms with E-state index in [0.29, 0.717) is 36.7 Å². The normalized spacial score (nSPS) is 13.0. The van der Waals surface area contributed by atoms with Crippen molar-refractivity contribution in [3.8, 4) is 0 Å². The zero-order valence-corrected chi connectivity index (χ0v) is 18.0. The topological polar surface area (TPSA) is 102 Å². The summed E-state index contributed by atoms with van der Waals surface area (Å²) in [6, 6.07) is 7.92. The molecule has 1 aromatic carbocycles. The number of thioether (sulfide) groups is 1. The standard InChI is InChI=1S/C20H23N3O4S2/c1-3-27-20(26)23-9-8-14-15(10-23)29-19(17(14)18(21)25)22-16(24)11-28-13-6-4-12(2)5-7-13/h4-7H,3,8-11H2,1-2H3,(H2,21,25)(H,22,24). The predicted molar refractivity (Wildman–Crippen MR) is 115 cm³/mol. The molecule has 0 unspecified atom stereocenters. The quantitative estimate of drug-likeness (QED) is 0.680. The molecule has 154 valence electrons. The second kappa shape index (κ2) is 9.32. The molecule has 0 atom stereocenters. The van der Waals surface area contributed by atoms with E-state index >= 15 is 0 Å². The van der Waals surface area contributed by atoms with E-state index in [1.54, 1.807) is 11.8 Å². The van der Waals surface area contributed by atoms with Gasteiger partial charge in [0.25, 0.3) is 5.91 Å². The van der Waals surface area contributed by atoms with Crippen molar-refractivity contribution in [2.75, 3.05) is 24.2 Å². The van der Waals surface area contributed by atoms with Crippen LogP contribution >= 0.6 is 23.1 Å². The van der Waals surface area contributed by atoms with Gasteiger partial charge in [-0.25, -0.2) is 4.79 Å². The molecule has 3 amide bonds. The van der Waals surface area contributed by atoms with Crippen molar-refractivity contribution in [2.24, 2.45) is 5.73 Å². The lowest BCUT2D eigenvalue weighted by Gasteiger charge is -2.26. The lowest BCUT2D eigenvalue weighted by molar-refractivity contribution is -0.113. The molecule has 0 aliphatic carbocycles. The number of hydrogen-bond donors (Lipinski definition) is 2. The zero-order valence-electron chi connectivity index (χ0n) is 16.3. The van der Waals surface area contributed by atoms with Crippen molar-refractivity contribution in [2.45, 2.75) is 31.7 Å². The first-order chi connectivity index (χ1) is 13.9. The summed E-state index contributed by atoms with van der Waals surface area (Å²) in [5.41, 5.74) is 7.90. The maximum Gasteiger partial charge on any atom is 0.410 e. The monoisotopic (exact) mass is 433 g/mol. The van der Waals surface area contributed by atoms with E-state index in [1.165, 1.54) is 23.1 Å². The Kier molecular flexibility index (Phi) is 6.81. The molecule has 0 saturated carbocycles. The first-order valence-corrected chi connectivity index (χ1v) is 11.0. The number of carbonyl (C=O) groups is 3. The number of carbonyl (C=O) groups excluding carboxylic acids is 3. The van der Waals surface area contributed by atoms with E-state index in [1.807, 2.05) is 31.2 Å². The fraction of sp³-hybridized carbons (Fsp3) is 0.350. The molecule has 1 aliphatic rings. The van der Waals surface area contributed by atoms with Gasteiger partial charge in [-0.2, -0.15) is 0 Å². The van der Waals surface area contributed by atoms with Gasteiger partial charge >= 0.3 is 6.09 Å². The van der Waals surface area contributed by atoms with Gasteiger partial charge in [0.15, 0.2) is 0 Å². The van der Waals surface area contributed by atoms with Crippen LogP contribution in [0.2, 0.25) is 0 Å². The molecule has 7 nitrogen and oxygen atoms in total. The predicted octanol–water partition coefficient (Wildman–Crippen LogP) is 3.40. The Balaban J connectivity index is 1.70. The van der Waals surface area contributed by atoms with E-state index in [-0.39, 0.29) is 17.8 Å². The number of aryl methyl sites for hydroxylation is 1. The Morgan fingerprint density at radius 2 is 2.00 bits per heavy atom. The number of rotatable bonds is 6. The minimum atomic E-state index is -0.575. The molecule has 9 heteroatoms. The Hall–Kier alpha value is -2.52. The Bertz CT molecular complexity index is 925. The minimum absolute atomic E-state index is 0.209. The molecule has 3 N–H and O–H groups in total. The van der Waals surface area contributed by atoms with E-state index in [9.17, 15) is 14.4 Å². The van der Waals surface area contributed by atoms with Gasteiger partial charge in [-0.1, -0.05) is 17.7 Å². The van der Waals surface area contributed by atoms with Crippen LogP contribution < -0.4 is 11.1 Å². The van der Waals surface area contributed by atoms with Crippen molar-refractivity contribution >= 4 is 46.0 Å². The number of nitrogens with two attached hydrogens (primary N) is 1. The molecule has 0 spiro atoms. The molecule has 0 bridgehead atoms. The van der Waals surface area contributed by atoms with Gasteiger partial charge in [-0.15, -0.1) is 23.1 Å². The summed E-state index contributed by atoms with van der Waals surface area (Å²) in [7, 11) is 0. The highest BCUT2D eigenvalue weighted by molar-refractivity contribution is 8.00. The maximum absolute atomic E-state index is 12.4. The van der Waals surface area contributed by atoms with Crippen LogP contribution in [0.1, 0.15) is 33.3 Å². The Morgan fingerprint density at radius 3 is 2.66 bits per heavy atom. The summed E-state index contributed by atoms with van der Waals surface area (Å²) in [5, 5.41) is 3.27. The van der Waals surface area contributed by atoms with Crippen LogP contribution in [0, 0.1) is 6.92 Å². The highest BCUT2D eigenvalue weighted by Crippen LogP contribution is 2.37. The van der Waals surface area contributed by atoms with E-state index in [4.69, 9.17) is 10.5 Å². The summed E-state index contributed by atoms with van der Waals surface area (Å²) in [4.78, 5) is 39.9. The van der Waals surface area contributed by atoms with Crippen LogP contribution in [0.5, 0.6) is 0 Å². The number of primary amides is 1. The molecule has 0 radical (unpaired) electrons. The molecule has 2 aromatic rings. The van der Waals surface area contributed by atoms with Crippen LogP contribution in [-0.2, 0) is 22.5 Å². The number of benzene rings is 1. The highest BCUT2D eigenvalue weighted by Gasteiger charge is 2.30. The number of anilines is 1. The van der Waals surface area contributed by atoms with E-state index < -0.39 is 5.91 Å². The lowest BCUT2D eigenvalue weighted by atomic mass is 10.0. The first kappa shape index (κ1) is 21.2. The van der Waals surface area contributed by atoms with E-state index in [2.05, 4.69) is 5.32 Å². The fourth-order valence-corrected chi connectivity index (χ4v) is 5.05. The van der Waals surface area contributed by atoms with E-state index in [0.717, 1.165) is 20.9 Å². The van der Waals surface area contributed by atoms with Gasteiger partial charge in [-0.05, 0) is 38.0 Å². The van der Waals surface area contributed by atoms with Crippen molar-refractivity contribution < 1.29 is 19.1 Å². The Labute approximate surface area is 177 Å². The average molecular weight is 434 g/mol. The number of ether oxygens (including phenoxy) is 1. The van der Waals surface area contributed by atoms with Crippen LogP contribution in [0.25, 0.3) is 0 Å². The van der Waals surface area contributed by atoms with Crippen molar-refractivity contribution in [1.29, 1.82) is 0 Å². The average Bonchev–Trinajstić information content (AvgIpc) is 3.04. The molecule has 0 saturated heterocycles. The Morgan fingerprint density at radius 1 is 1.28 bits per heavy atom. The van der Waals surface area contributed by atoms with Crippen molar-refractivity contribution in [1.82, 2.24) is 4.90 Å². The smallest absolute Gasteiger partial charge is 0.410 e. The molecule has 1 aliphatic heterocycles. The van der Waals surface area contributed by atoms with Crippen LogP contribution in [0.15, 0.2) is 29.2 Å². The number of nitrogens with one attached hydrogen (secondary N) is 1. The van der Waals surface area contributed by atoms with Gasteiger partial charge in [0, 0.05) is 16.3 Å². The number of nitrogens with zero attached hydrogens (tertiary/aromatic N) is 1. The van der Waals surface area contributed by atoms with Crippen LogP contribution in [-0.4, -0.2) is 41.7 Å². The van der Waals surface area contributed by atoms with Gasteiger partial charge in [-0.3, -0.25) is 9.59 Å². The third-order valence-electron chi connectivity index (χ3n) is 4.47. The highest BCUT2D eigenvalue weighted by atomic mass is 32.2. The second-order valence-corrected chi connectivity index (χ2v) is 8.75. The summed E-state index contributed by atoms with van der Waals surface area (Å²) in [6.07, 6.45) is 0.115. The summed E-state index contributed by atoms with van der Waals surface area (Å²) in [5.74, 6) is -0.564. The molecular formula is C20H23N3O4S2. The maximum atomic E-state index is 12.4. The first-order valence-electron chi connectivity index (χ1n) is 9.24. The largest absolute Gasteiger partial charge is 0.450 e. The molecule has 29 heavy (non-hydrogen) atoms. The lowest BCUT2D eigenvalue weighted by Crippen LogP contribution is -2.36.